The monoisotopic (exact) mass is 279 g/mol. The maximum absolute atomic E-state index is 11.7. The Morgan fingerprint density at radius 3 is 3.05 bits per heavy atom. The lowest BCUT2D eigenvalue weighted by Crippen LogP contribution is -2.41. The molecule has 0 bridgehead atoms. The van der Waals surface area contributed by atoms with Crippen LogP contribution in [0.25, 0.3) is 0 Å². The fourth-order valence-electron chi connectivity index (χ4n) is 1.93. The Morgan fingerprint density at radius 2 is 2.32 bits per heavy atom. The van der Waals surface area contributed by atoms with Crippen LogP contribution >= 0.6 is 12.6 Å². The van der Waals surface area contributed by atoms with Crippen molar-refractivity contribution in [3.8, 4) is 0 Å². The number of carbonyl (C=O) groups excluding carboxylic acids is 1. The lowest BCUT2D eigenvalue weighted by Gasteiger charge is -2.19. The molecule has 0 fully saturated rings. The number of nitrogens with two attached hydrogens (primary N) is 1. The van der Waals surface area contributed by atoms with Crippen molar-refractivity contribution < 1.29 is 4.79 Å². The van der Waals surface area contributed by atoms with Crippen LogP contribution in [0.15, 0.2) is 12.5 Å². The van der Waals surface area contributed by atoms with Gasteiger partial charge in [0.1, 0.15) is 17.0 Å². The molecule has 1 unspecified atom stereocenters. The van der Waals surface area contributed by atoms with Crippen LogP contribution in [0.4, 0.5) is 5.82 Å². The molecule has 100 valence electrons. The highest BCUT2D eigenvalue weighted by atomic mass is 32.1. The van der Waals surface area contributed by atoms with E-state index in [9.17, 15) is 4.79 Å². The minimum absolute atomic E-state index is 0.249. The first-order chi connectivity index (χ1) is 9.13. The number of anilines is 1. The van der Waals surface area contributed by atoms with E-state index in [1.54, 1.807) is 12.5 Å². The summed E-state index contributed by atoms with van der Waals surface area (Å²) in [5, 5.41) is 5.56. The Labute approximate surface area is 114 Å². The largest absolute Gasteiger partial charge is 0.348 e. The summed E-state index contributed by atoms with van der Waals surface area (Å²) in [6.45, 7) is 0. The Bertz CT molecular complexity index is 593. The van der Waals surface area contributed by atoms with Gasteiger partial charge in [0.05, 0.1) is 12.4 Å². The molecular formula is C10H13N7OS. The molecule has 1 amide bonds. The van der Waals surface area contributed by atoms with Crippen molar-refractivity contribution >= 4 is 24.4 Å². The van der Waals surface area contributed by atoms with Crippen LogP contribution < -0.4 is 16.4 Å². The summed E-state index contributed by atoms with van der Waals surface area (Å²) in [6.07, 6.45) is 3.85. The number of aromatic nitrogens is 4. The van der Waals surface area contributed by atoms with Gasteiger partial charge in [-0.2, -0.15) is 0 Å². The van der Waals surface area contributed by atoms with Crippen molar-refractivity contribution in [2.75, 3.05) is 5.32 Å². The molecule has 0 aromatic carbocycles. The molecule has 3 heterocycles. The number of fused-ring (bicyclic) bond motifs is 1. The predicted octanol–water partition coefficient (Wildman–Crippen LogP) is -0.256. The molecule has 0 saturated carbocycles. The van der Waals surface area contributed by atoms with Gasteiger partial charge in [-0.1, -0.05) is 0 Å². The molecule has 2 atom stereocenters. The number of nitrogens with one attached hydrogen (secondary N) is 4. The van der Waals surface area contributed by atoms with Gasteiger partial charge in [0.25, 0.3) is 5.91 Å². The number of thiol groups is 1. The summed E-state index contributed by atoms with van der Waals surface area (Å²) >= 11 is 4.14. The molecule has 0 radical (unpaired) electrons. The van der Waals surface area contributed by atoms with Crippen molar-refractivity contribution in [1.29, 1.82) is 0 Å². The van der Waals surface area contributed by atoms with E-state index in [0.29, 0.717) is 23.8 Å². The molecule has 1 aliphatic heterocycles. The lowest BCUT2D eigenvalue weighted by molar-refractivity contribution is 0.0944. The number of aromatic amines is 2. The fraction of sp³-hybridized carbons (Fsp3) is 0.300. The van der Waals surface area contributed by atoms with Gasteiger partial charge in [0.15, 0.2) is 5.82 Å². The first-order valence-electron chi connectivity index (χ1n) is 5.71. The molecule has 0 aliphatic carbocycles. The van der Waals surface area contributed by atoms with E-state index in [-0.39, 0.29) is 11.9 Å². The third-order valence-electron chi connectivity index (χ3n) is 2.84. The van der Waals surface area contributed by atoms with Crippen molar-refractivity contribution in [1.82, 2.24) is 25.3 Å². The fourth-order valence-corrected chi connectivity index (χ4v) is 2.17. The minimum atomic E-state index is -0.444. The molecule has 19 heavy (non-hydrogen) atoms. The quantitative estimate of drug-likeness (QED) is 0.432. The number of carbonyl (C=O) groups is 1. The SMILES string of the molecule is N[C@@H](Cc1cnc[nH]1)c1nc2c([nH]1)C(=O)NC(S)N2. The van der Waals surface area contributed by atoms with Gasteiger partial charge in [-0.05, 0) is 0 Å². The highest BCUT2D eigenvalue weighted by Gasteiger charge is 2.26. The summed E-state index contributed by atoms with van der Waals surface area (Å²) < 4.78 is 0. The summed E-state index contributed by atoms with van der Waals surface area (Å²) in [4.78, 5) is 25.9. The van der Waals surface area contributed by atoms with Gasteiger partial charge in [0.2, 0.25) is 0 Å². The first kappa shape index (κ1) is 12.1. The Kier molecular flexibility index (Phi) is 2.91. The number of rotatable bonds is 3. The van der Waals surface area contributed by atoms with E-state index < -0.39 is 5.50 Å². The highest BCUT2D eigenvalue weighted by molar-refractivity contribution is 7.81. The lowest BCUT2D eigenvalue weighted by atomic mass is 10.2. The van der Waals surface area contributed by atoms with Gasteiger partial charge in [-0.15, -0.1) is 12.6 Å². The molecule has 2 aromatic rings. The topological polar surface area (TPSA) is 125 Å². The minimum Gasteiger partial charge on any atom is -0.348 e. The van der Waals surface area contributed by atoms with E-state index in [2.05, 4.69) is 43.2 Å². The van der Waals surface area contributed by atoms with E-state index in [1.807, 2.05) is 0 Å². The zero-order chi connectivity index (χ0) is 13.4. The number of imidazole rings is 2. The van der Waals surface area contributed by atoms with Gasteiger partial charge in [-0.25, -0.2) is 9.97 Å². The smallest absolute Gasteiger partial charge is 0.273 e. The second-order valence-electron chi connectivity index (χ2n) is 4.25. The third kappa shape index (κ3) is 2.29. The van der Waals surface area contributed by atoms with Crippen LogP contribution in [0, 0.1) is 0 Å². The molecule has 1 aliphatic rings. The van der Waals surface area contributed by atoms with Gasteiger partial charge in [0, 0.05) is 18.3 Å². The second-order valence-corrected chi connectivity index (χ2v) is 4.77. The summed E-state index contributed by atoms with van der Waals surface area (Å²) in [6, 6.07) is -0.348. The summed E-state index contributed by atoms with van der Waals surface area (Å²) in [5.41, 5.74) is 6.90. The van der Waals surface area contributed by atoms with E-state index in [4.69, 9.17) is 5.73 Å². The molecule has 6 N–H and O–H groups in total. The van der Waals surface area contributed by atoms with E-state index in [1.165, 1.54) is 0 Å². The number of amides is 1. The Balaban J connectivity index is 1.82. The number of hydrogen-bond donors (Lipinski definition) is 6. The normalized spacial score (nSPS) is 19.5. The maximum atomic E-state index is 11.7. The molecule has 0 saturated heterocycles. The molecule has 2 aromatic heterocycles. The maximum Gasteiger partial charge on any atom is 0.273 e. The number of hydrogen-bond acceptors (Lipinski definition) is 6. The van der Waals surface area contributed by atoms with Gasteiger partial charge < -0.3 is 26.3 Å². The third-order valence-corrected chi connectivity index (χ3v) is 3.09. The van der Waals surface area contributed by atoms with Crippen LogP contribution in [0.1, 0.15) is 28.0 Å². The molecule has 0 spiro atoms. The van der Waals surface area contributed by atoms with Gasteiger partial charge >= 0.3 is 0 Å². The van der Waals surface area contributed by atoms with Crippen LogP contribution in [-0.2, 0) is 6.42 Å². The van der Waals surface area contributed by atoms with Crippen molar-refractivity contribution in [3.63, 3.8) is 0 Å². The zero-order valence-corrected chi connectivity index (χ0v) is 10.7. The zero-order valence-electron chi connectivity index (χ0n) is 9.84. The molecule has 9 heteroatoms. The average Bonchev–Trinajstić information content (AvgIpc) is 2.97. The molecule has 3 rings (SSSR count). The van der Waals surface area contributed by atoms with Crippen LogP contribution in [-0.4, -0.2) is 31.3 Å². The highest BCUT2D eigenvalue weighted by Crippen LogP contribution is 2.21. The first-order valence-corrected chi connectivity index (χ1v) is 6.23. The second kappa shape index (κ2) is 4.59. The van der Waals surface area contributed by atoms with Crippen LogP contribution in [0.2, 0.25) is 0 Å². The number of nitrogens with zero attached hydrogens (tertiary/aromatic N) is 2. The van der Waals surface area contributed by atoms with Crippen molar-refractivity contribution in [3.05, 3.63) is 29.7 Å². The Morgan fingerprint density at radius 1 is 1.47 bits per heavy atom. The van der Waals surface area contributed by atoms with Crippen molar-refractivity contribution in [2.45, 2.75) is 18.0 Å². The Hall–Kier alpha value is -2.00. The summed E-state index contributed by atoms with van der Waals surface area (Å²) in [7, 11) is 0. The van der Waals surface area contributed by atoms with E-state index in [0.717, 1.165) is 5.69 Å². The average molecular weight is 279 g/mol. The standard InChI is InChI=1S/C10H13N7OS/c11-5(1-4-2-12-3-13-4)7-14-6-8(15-7)16-10(19)17-9(6)18/h2-3,5,10,16,19H,1,11H2,(H,12,13)(H,14,15)(H,17,18)/t5-,10?/m0/s1. The summed E-state index contributed by atoms with van der Waals surface area (Å²) in [5.74, 6) is 0.768. The predicted molar refractivity (Wildman–Crippen MR) is 71.7 cm³/mol. The van der Waals surface area contributed by atoms with Gasteiger partial charge in [-0.3, -0.25) is 4.79 Å². The molecule has 8 nitrogen and oxygen atoms in total. The van der Waals surface area contributed by atoms with Crippen LogP contribution in [0.5, 0.6) is 0 Å². The number of H-pyrrole nitrogens is 2. The van der Waals surface area contributed by atoms with Crippen LogP contribution in [0.3, 0.4) is 0 Å². The van der Waals surface area contributed by atoms with E-state index >= 15 is 0 Å². The van der Waals surface area contributed by atoms with Crippen molar-refractivity contribution in [2.24, 2.45) is 5.73 Å². The molecular weight excluding hydrogens is 266 g/mol.